The number of hydrogen-bond acceptors (Lipinski definition) is 2. The maximum Gasteiger partial charge on any atom is 0.257 e. The first-order valence-corrected chi connectivity index (χ1v) is 5.75. The smallest absolute Gasteiger partial charge is 0.257 e. The van der Waals surface area contributed by atoms with E-state index in [1.54, 1.807) is 11.8 Å². The Balaban J connectivity index is 3.20. The fourth-order valence-corrected chi connectivity index (χ4v) is 1.85. The van der Waals surface area contributed by atoms with Crippen LogP contribution in [-0.2, 0) is 0 Å². The molecule has 0 aliphatic carbocycles. The number of halogens is 1. The second-order valence-corrected chi connectivity index (χ2v) is 4.38. The van der Waals surface area contributed by atoms with Crippen LogP contribution in [0, 0.1) is 12.7 Å². The van der Waals surface area contributed by atoms with Gasteiger partial charge in [0.15, 0.2) is 0 Å². The molecule has 1 rings (SSSR count). The Hall–Kier alpha value is -1.58. The van der Waals surface area contributed by atoms with E-state index in [1.165, 1.54) is 12.1 Å². The maximum atomic E-state index is 13.9. The van der Waals surface area contributed by atoms with E-state index < -0.39 is 5.82 Å². The van der Waals surface area contributed by atoms with E-state index in [-0.39, 0.29) is 17.5 Å². The molecule has 0 aromatic heterocycles. The summed E-state index contributed by atoms with van der Waals surface area (Å²) in [6, 6.07) is 2.96. The normalized spacial score (nSPS) is 10.7. The van der Waals surface area contributed by atoms with Crippen LogP contribution >= 0.6 is 0 Å². The third-order valence-electron chi connectivity index (χ3n) is 2.73. The predicted molar refractivity (Wildman–Crippen MR) is 67.4 cm³/mol. The Morgan fingerprint density at radius 1 is 1.47 bits per heavy atom. The molecule has 17 heavy (non-hydrogen) atoms. The van der Waals surface area contributed by atoms with Crippen LogP contribution in [0.1, 0.15) is 36.7 Å². The Morgan fingerprint density at radius 2 is 2.06 bits per heavy atom. The van der Waals surface area contributed by atoms with Crippen molar-refractivity contribution in [1.29, 1.82) is 0 Å². The summed E-state index contributed by atoms with van der Waals surface area (Å²) in [7, 11) is 0. The Bertz CT molecular complexity index is 430. The fraction of sp³-hybridized carbons (Fsp3) is 0.462. The standard InChI is InChI=1S/C13H19FN2O/c1-5-16(8(2)3)13(17)11-7-10(15)6-9(4)12(11)14/h6-8H,5,15H2,1-4H3. The van der Waals surface area contributed by atoms with E-state index in [0.717, 1.165) is 0 Å². The third kappa shape index (κ3) is 2.75. The molecule has 0 heterocycles. The van der Waals surface area contributed by atoms with Crippen LogP contribution in [0.25, 0.3) is 0 Å². The van der Waals surface area contributed by atoms with Gasteiger partial charge in [0.25, 0.3) is 5.91 Å². The largest absolute Gasteiger partial charge is 0.399 e. The van der Waals surface area contributed by atoms with Crippen molar-refractivity contribution in [1.82, 2.24) is 4.90 Å². The van der Waals surface area contributed by atoms with Gasteiger partial charge in [0.1, 0.15) is 5.82 Å². The minimum absolute atomic E-state index is 0.0358. The number of nitrogen functional groups attached to an aromatic ring is 1. The zero-order valence-corrected chi connectivity index (χ0v) is 10.7. The van der Waals surface area contributed by atoms with Gasteiger partial charge in [0, 0.05) is 18.3 Å². The lowest BCUT2D eigenvalue weighted by atomic mass is 10.1. The molecule has 1 amide bonds. The van der Waals surface area contributed by atoms with Gasteiger partial charge >= 0.3 is 0 Å². The second-order valence-electron chi connectivity index (χ2n) is 4.38. The van der Waals surface area contributed by atoms with Crippen LogP contribution < -0.4 is 5.73 Å². The molecule has 2 N–H and O–H groups in total. The maximum absolute atomic E-state index is 13.9. The highest BCUT2D eigenvalue weighted by atomic mass is 19.1. The Kier molecular flexibility index (Phi) is 4.10. The lowest BCUT2D eigenvalue weighted by Crippen LogP contribution is -2.37. The first kappa shape index (κ1) is 13.5. The monoisotopic (exact) mass is 238 g/mol. The van der Waals surface area contributed by atoms with Crippen molar-refractivity contribution < 1.29 is 9.18 Å². The van der Waals surface area contributed by atoms with Crippen LogP contribution in [0.2, 0.25) is 0 Å². The molecule has 0 atom stereocenters. The quantitative estimate of drug-likeness (QED) is 0.823. The highest BCUT2D eigenvalue weighted by molar-refractivity contribution is 5.95. The van der Waals surface area contributed by atoms with Crippen molar-refractivity contribution >= 4 is 11.6 Å². The number of aryl methyl sites for hydroxylation is 1. The number of hydrogen-bond donors (Lipinski definition) is 1. The summed E-state index contributed by atoms with van der Waals surface area (Å²) in [6.45, 7) is 7.82. The molecule has 3 nitrogen and oxygen atoms in total. The Labute approximate surface area is 101 Å². The van der Waals surface area contributed by atoms with Crippen molar-refractivity contribution in [2.24, 2.45) is 0 Å². The van der Waals surface area contributed by atoms with Crippen molar-refractivity contribution in [3.8, 4) is 0 Å². The van der Waals surface area contributed by atoms with Gasteiger partial charge in [-0.3, -0.25) is 4.79 Å². The number of rotatable bonds is 3. The lowest BCUT2D eigenvalue weighted by Gasteiger charge is -2.25. The van der Waals surface area contributed by atoms with Gasteiger partial charge in [-0.25, -0.2) is 4.39 Å². The summed E-state index contributed by atoms with van der Waals surface area (Å²) in [4.78, 5) is 13.8. The number of carbonyl (C=O) groups excluding carboxylic acids is 1. The first-order valence-electron chi connectivity index (χ1n) is 5.75. The first-order chi connectivity index (χ1) is 7.88. The van der Waals surface area contributed by atoms with Crippen LogP contribution in [-0.4, -0.2) is 23.4 Å². The van der Waals surface area contributed by atoms with Crippen molar-refractivity contribution in [3.63, 3.8) is 0 Å². The SMILES string of the molecule is CCN(C(=O)c1cc(N)cc(C)c1F)C(C)C. The van der Waals surface area contributed by atoms with Crippen LogP contribution in [0.5, 0.6) is 0 Å². The number of nitrogens with zero attached hydrogens (tertiary/aromatic N) is 1. The van der Waals surface area contributed by atoms with Crippen molar-refractivity contribution in [2.45, 2.75) is 33.7 Å². The number of nitrogens with two attached hydrogens (primary N) is 1. The average Bonchev–Trinajstić information content (AvgIpc) is 2.23. The van der Waals surface area contributed by atoms with Crippen LogP contribution in [0.15, 0.2) is 12.1 Å². The molecule has 0 radical (unpaired) electrons. The molecule has 1 aromatic rings. The van der Waals surface area contributed by atoms with Crippen molar-refractivity contribution in [3.05, 3.63) is 29.1 Å². The zero-order chi connectivity index (χ0) is 13.2. The van der Waals surface area contributed by atoms with Gasteiger partial charge in [0.2, 0.25) is 0 Å². The molecule has 0 spiro atoms. The molecule has 4 heteroatoms. The molecular weight excluding hydrogens is 219 g/mol. The lowest BCUT2D eigenvalue weighted by molar-refractivity contribution is 0.0712. The fourth-order valence-electron chi connectivity index (χ4n) is 1.85. The van der Waals surface area contributed by atoms with E-state index in [2.05, 4.69) is 0 Å². The number of amides is 1. The van der Waals surface area contributed by atoms with Crippen LogP contribution in [0.4, 0.5) is 10.1 Å². The molecule has 0 saturated carbocycles. The topological polar surface area (TPSA) is 46.3 Å². The summed E-state index contributed by atoms with van der Waals surface area (Å²) >= 11 is 0. The highest BCUT2D eigenvalue weighted by Gasteiger charge is 2.21. The summed E-state index contributed by atoms with van der Waals surface area (Å²) in [5.74, 6) is -0.793. The average molecular weight is 238 g/mol. The molecule has 1 aromatic carbocycles. The minimum atomic E-state index is -0.483. The molecule has 94 valence electrons. The third-order valence-corrected chi connectivity index (χ3v) is 2.73. The van der Waals surface area contributed by atoms with Gasteiger partial charge in [-0.15, -0.1) is 0 Å². The van der Waals surface area contributed by atoms with Gasteiger partial charge in [-0.2, -0.15) is 0 Å². The van der Waals surface area contributed by atoms with E-state index >= 15 is 0 Å². The van der Waals surface area contributed by atoms with E-state index in [9.17, 15) is 9.18 Å². The minimum Gasteiger partial charge on any atom is -0.399 e. The summed E-state index contributed by atoms with van der Waals surface area (Å²) in [5, 5.41) is 0. The highest BCUT2D eigenvalue weighted by Crippen LogP contribution is 2.19. The molecule has 0 bridgehead atoms. The zero-order valence-electron chi connectivity index (χ0n) is 10.7. The number of carbonyl (C=O) groups is 1. The van der Waals surface area contributed by atoms with Gasteiger partial charge in [-0.1, -0.05) is 0 Å². The van der Waals surface area contributed by atoms with Gasteiger partial charge < -0.3 is 10.6 Å². The summed E-state index contributed by atoms with van der Waals surface area (Å²) in [5.41, 5.74) is 6.51. The second kappa shape index (κ2) is 5.17. The number of anilines is 1. The van der Waals surface area contributed by atoms with Crippen molar-refractivity contribution in [2.75, 3.05) is 12.3 Å². The predicted octanol–water partition coefficient (Wildman–Crippen LogP) is 2.59. The number of benzene rings is 1. The molecule has 0 unspecified atom stereocenters. The molecule has 0 aliphatic heterocycles. The Morgan fingerprint density at radius 3 is 2.53 bits per heavy atom. The van der Waals surface area contributed by atoms with Gasteiger partial charge in [0.05, 0.1) is 5.56 Å². The molecule has 0 fully saturated rings. The van der Waals surface area contributed by atoms with E-state index in [4.69, 9.17) is 5.73 Å². The van der Waals surface area contributed by atoms with Crippen LogP contribution in [0.3, 0.4) is 0 Å². The van der Waals surface area contributed by atoms with Gasteiger partial charge in [-0.05, 0) is 45.4 Å². The van der Waals surface area contributed by atoms with E-state index in [1.807, 2.05) is 20.8 Å². The molecule has 0 saturated heterocycles. The molecule has 0 aliphatic rings. The summed E-state index contributed by atoms with van der Waals surface area (Å²) in [6.07, 6.45) is 0. The van der Waals surface area contributed by atoms with E-state index in [0.29, 0.717) is 17.8 Å². The molecular formula is C13H19FN2O. The summed E-state index contributed by atoms with van der Waals surface area (Å²) < 4.78 is 13.9.